The normalized spacial score (nSPS) is 21.4. The third-order valence-corrected chi connectivity index (χ3v) is 9.14. The van der Waals surface area contributed by atoms with Crippen LogP contribution in [0.4, 0.5) is 10.9 Å². The Bertz CT molecular complexity index is 1160. The summed E-state index contributed by atoms with van der Waals surface area (Å²) in [7, 11) is 2.19. The van der Waals surface area contributed by atoms with Crippen LogP contribution < -0.4 is 10.1 Å². The minimum Gasteiger partial charge on any atom is -0.460 e. The number of hydrogen-bond donors (Lipinski definition) is 1. The first kappa shape index (κ1) is 23.8. The highest BCUT2D eigenvalue weighted by Crippen LogP contribution is 2.56. The van der Waals surface area contributed by atoms with E-state index in [1.165, 1.54) is 31.2 Å². The molecule has 1 atom stereocenters. The molecule has 0 radical (unpaired) electrons. The van der Waals surface area contributed by atoms with Gasteiger partial charge in [-0.2, -0.15) is 4.98 Å². The number of nitrogens with zero attached hydrogens (tertiary/aromatic N) is 6. The van der Waals surface area contributed by atoms with E-state index in [2.05, 4.69) is 55.1 Å². The maximum atomic E-state index is 6.15. The number of pyridine rings is 1. The van der Waals surface area contributed by atoms with Gasteiger partial charge in [0.15, 0.2) is 5.13 Å². The SMILES string of the molecule is C[C@@H](c1ccc(Nc2ncc(-c3ccnc(OC4CCC5(CC4)CC5)n3)s2)nc1)N1CCN(C)CC1. The number of hydrogen-bond acceptors (Lipinski definition) is 9. The van der Waals surface area contributed by atoms with E-state index in [-0.39, 0.29) is 6.10 Å². The molecule has 2 saturated carbocycles. The first-order valence-corrected chi connectivity index (χ1v) is 14.0. The van der Waals surface area contributed by atoms with Crippen LogP contribution in [0.5, 0.6) is 6.01 Å². The lowest BCUT2D eigenvalue weighted by molar-refractivity contribution is 0.114. The van der Waals surface area contributed by atoms with Gasteiger partial charge in [0.1, 0.15) is 11.9 Å². The van der Waals surface area contributed by atoms with Crippen LogP contribution in [0, 0.1) is 5.41 Å². The zero-order chi connectivity index (χ0) is 24.5. The van der Waals surface area contributed by atoms with Gasteiger partial charge in [-0.15, -0.1) is 0 Å². The van der Waals surface area contributed by atoms with Gasteiger partial charge < -0.3 is 15.0 Å². The molecule has 0 bridgehead atoms. The second-order valence-corrected chi connectivity index (χ2v) is 11.7. The molecule has 190 valence electrons. The van der Waals surface area contributed by atoms with Crippen molar-refractivity contribution in [2.45, 2.75) is 57.6 Å². The standard InChI is InChI=1S/C27H35N7OS/c1-19(34-15-13-33(2)14-16-34)20-3-4-24(29-17-20)32-26-30-18-23(36-26)22-7-12-28-25(31-22)35-21-5-8-27(9-6-21)10-11-27/h3-4,7,12,17-19,21H,5-6,8-11,13-16H2,1-2H3,(H,29,30,32)/t19-/m0/s1. The van der Waals surface area contributed by atoms with Gasteiger partial charge in [0, 0.05) is 50.8 Å². The number of likely N-dealkylation sites (N-methyl/N-ethyl adjacent to an activating group) is 1. The average Bonchev–Trinajstić information content (AvgIpc) is 3.50. The second kappa shape index (κ2) is 10.0. The second-order valence-electron chi connectivity index (χ2n) is 10.7. The summed E-state index contributed by atoms with van der Waals surface area (Å²) in [6.45, 7) is 6.68. The third-order valence-electron chi connectivity index (χ3n) is 8.20. The van der Waals surface area contributed by atoms with Crippen molar-refractivity contribution in [1.29, 1.82) is 0 Å². The first-order chi connectivity index (χ1) is 17.6. The van der Waals surface area contributed by atoms with Crippen LogP contribution in [-0.4, -0.2) is 69.1 Å². The van der Waals surface area contributed by atoms with Crippen LogP contribution in [0.1, 0.15) is 57.1 Å². The van der Waals surface area contributed by atoms with Crippen LogP contribution >= 0.6 is 11.3 Å². The molecule has 3 fully saturated rings. The summed E-state index contributed by atoms with van der Waals surface area (Å²) < 4.78 is 6.15. The Labute approximate surface area is 217 Å². The van der Waals surface area contributed by atoms with Crippen molar-refractivity contribution in [3.63, 3.8) is 0 Å². The molecule has 0 amide bonds. The number of thiazole rings is 1. The summed E-state index contributed by atoms with van der Waals surface area (Å²) in [5.74, 6) is 0.794. The average molecular weight is 506 g/mol. The fraction of sp³-hybridized carbons (Fsp3) is 0.556. The molecule has 3 aromatic rings. The highest BCUT2D eigenvalue weighted by atomic mass is 32.1. The van der Waals surface area contributed by atoms with Gasteiger partial charge in [-0.25, -0.2) is 15.0 Å². The highest BCUT2D eigenvalue weighted by Gasteiger charge is 2.45. The molecule has 36 heavy (non-hydrogen) atoms. The summed E-state index contributed by atoms with van der Waals surface area (Å²) >= 11 is 1.56. The van der Waals surface area contributed by atoms with Crippen molar-refractivity contribution in [2.24, 2.45) is 5.41 Å². The van der Waals surface area contributed by atoms with Crippen LogP contribution in [0.15, 0.2) is 36.8 Å². The molecule has 1 spiro atoms. The zero-order valence-corrected chi connectivity index (χ0v) is 22.0. The maximum absolute atomic E-state index is 6.15. The maximum Gasteiger partial charge on any atom is 0.317 e. The number of rotatable bonds is 7. The molecule has 9 heteroatoms. The van der Waals surface area contributed by atoms with E-state index < -0.39 is 0 Å². The van der Waals surface area contributed by atoms with Gasteiger partial charge >= 0.3 is 6.01 Å². The molecule has 1 aliphatic heterocycles. The van der Waals surface area contributed by atoms with Gasteiger partial charge in [-0.1, -0.05) is 17.4 Å². The lowest BCUT2D eigenvalue weighted by Crippen LogP contribution is -2.45. The fourth-order valence-corrected chi connectivity index (χ4v) is 6.18. The molecule has 1 N–H and O–H groups in total. The van der Waals surface area contributed by atoms with E-state index >= 15 is 0 Å². The predicted octanol–water partition coefficient (Wildman–Crippen LogP) is 5.15. The van der Waals surface area contributed by atoms with Crippen LogP contribution in [0.2, 0.25) is 0 Å². The van der Waals surface area contributed by atoms with E-state index in [0.29, 0.717) is 17.5 Å². The Morgan fingerprint density at radius 3 is 2.53 bits per heavy atom. The van der Waals surface area contributed by atoms with Crippen molar-refractivity contribution >= 4 is 22.3 Å². The monoisotopic (exact) mass is 505 g/mol. The van der Waals surface area contributed by atoms with Gasteiger partial charge in [0.05, 0.1) is 10.6 Å². The largest absolute Gasteiger partial charge is 0.460 e. The Balaban J connectivity index is 1.06. The number of anilines is 2. The summed E-state index contributed by atoms with van der Waals surface area (Å²) in [5.41, 5.74) is 2.74. The molecule has 0 aromatic carbocycles. The van der Waals surface area contributed by atoms with Crippen molar-refractivity contribution in [1.82, 2.24) is 29.7 Å². The predicted molar refractivity (Wildman–Crippen MR) is 143 cm³/mol. The van der Waals surface area contributed by atoms with Gasteiger partial charge in [0.2, 0.25) is 0 Å². The minimum atomic E-state index is 0.234. The van der Waals surface area contributed by atoms with Crippen LogP contribution in [0.25, 0.3) is 10.6 Å². The Morgan fingerprint density at radius 2 is 1.81 bits per heavy atom. The molecule has 2 aliphatic carbocycles. The molecule has 3 aliphatic rings. The van der Waals surface area contributed by atoms with Crippen LogP contribution in [0.3, 0.4) is 0 Å². The lowest BCUT2D eigenvalue weighted by atomic mass is 9.85. The molecular formula is C27H35N7OS. The number of aromatic nitrogens is 4. The molecule has 1 saturated heterocycles. The molecule has 3 aromatic heterocycles. The number of piperazine rings is 1. The van der Waals surface area contributed by atoms with E-state index in [9.17, 15) is 0 Å². The summed E-state index contributed by atoms with van der Waals surface area (Å²) in [5, 5.41) is 4.13. The summed E-state index contributed by atoms with van der Waals surface area (Å²) in [6.07, 6.45) is 13.4. The zero-order valence-electron chi connectivity index (χ0n) is 21.2. The van der Waals surface area contributed by atoms with Crippen molar-refractivity contribution in [2.75, 3.05) is 38.5 Å². The fourth-order valence-electron chi connectivity index (χ4n) is 5.39. The molecule has 8 nitrogen and oxygen atoms in total. The number of ether oxygens (including phenoxy) is 1. The van der Waals surface area contributed by atoms with Crippen molar-refractivity contribution in [3.05, 3.63) is 42.4 Å². The smallest absolute Gasteiger partial charge is 0.317 e. The molecule has 0 unspecified atom stereocenters. The molecule has 6 rings (SSSR count). The quantitative estimate of drug-likeness (QED) is 0.472. The number of nitrogens with one attached hydrogen (secondary N) is 1. The third kappa shape index (κ3) is 5.38. The lowest BCUT2D eigenvalue weighted by Gasteiger charge is -2.36. The van der Waals surface area contributed by atoms with E-state index in [1.54, 1.807) is 17.5 Å². The van der Waals surface area contributed by atoms with Gasteiger partial charge in [-0.3, -0.25) is 4.90 Å². The minimum absolute atomic E-state index is 0.234. The highest BCUT2D eigenvalue weighted by molar-refractivity contribution is 7.18. The van der Waals surface area contributed by atoms with E-state index in [1.807, 2.05) is 24.5 Å². The molecular weight excluding hydrogens is 470 g/mol. The Morgan fingerprint density at radius 1 is 1.00 bits per heavy atom. The first-order valence-electron chi connectivity index (χ1n) is 13.2. The molecule has 4 heterocycles. The topological polar surface area (TPSA) is 79.3 Å². The van der Waals surface area contributed by atoms with Gasteiger partial charge in [-0.05, 0) is 75.6 Å². The van der Waals surface area contributed by atoms with E-state index in [0.717, 1.165) is 60.5 Å². The summed E-state index contributed by atoms with van der Waals surface area (Å²) in [6, 6.07) is 6.95. The summed E-state index contributed by atoms with van der Waals surface area (Å²) in [4.78, 5) is 24.1. The van der Waals surface area contributed by atoms with E-state index in [4.69, 9.17) is 4.74 Å². The van der Waals surface area contributed by atoms with Crippen molar-refractivity contribution < 1.29 is 4.74 Å². The Kier molecular flexibility index (Phi) is 6.62. The van der Waals surface area contributed by atoms with Crippen molar-refractivity contribution in [3.8, 4) is 16.6 Å². The Hall–Kier alpha value is -2.62. The van der Waals surface area contributed by atoms with Crippen LogP contribution in [-0.2, 0) is 0 Å². The van der Waals surface area contributed by atoms with Gasteiger partial charge in [0.25, 0.3) is 0 Å².